The predicted molar refractivity (Wildman–Crippen MR) is 82.6 cm³/mol. The summed E-state index contributed by atoms with van der Waals surface area (Å²) in [6.45, 7) is 4.23. The summed E-state index contributed by atoms with van der Waals surface area (Å²) in [5, 5.41) is 6.29. The lowest BCUT2D eigenvalue weighted by Gasteiger charge is -2.06. The number of alkyl carbamates (subject to hydrolysis) is 1. The average molecular weight is 307 g/mol. The van der Waals surface area contributed by atoms with Crippen LogP contribution in [0.25, 0.3) is 10.2 Å². The van der Waals surface area contributed by atoms with Gasteiger partial charge in [0.1, 0.15) is 0 Å². The third-order valence-corrected chi connectivity index (χ3v) is 3.61. The minimum absolute atomic E-state index is 0.160. The van der Waals surface area contributed by atoms with E-state index < -0.39 is 6.09 Å². The first-order chi connectivity index (χ1) is 10.1. The molecule has 0 saturated heterocycles. The molecule has 0 aliphatic heterocycles. The highest BCUT2D eigenvalue weighted by molar-refractivity contribution is 7.18. The number of carbonyl (C=O) groups excluding carboxylic acids is 2. The van der Waals surface area contributed by atoms with Crippen molar-refractivity contribution in [1.29, 1.82) is 0 Å². The number of nitrogens with one attached hydrogen (secondary N) is 2. The molecule has 0 fully saturated rings. The number of thiazole rings is 1. The highest BCUT2D eigenvalue weighted by Gasteiger charge is 2.06. The number of anilines is 1. The van der Waals surface area contributed by atoms with E-state index in [1.807, 2.05) is 25.1 Å². The molecule has 1 heterocycles. The van der Waals surface area contributed by atoms with E-state index in [1.54, 1.807) is 18.3 Å². The maximum atomic E-state index is 11.8. The van der Waals surface area contributed by atoms with Crippen molar-refractivity contribution in [1.82, 2.24) is 10.3 Å². The minimum atomic E-state index is -0.508. The number of aryl methyl sites for hydroxylation is 1. The summed E-state index contributed by atoms with van der Waals surface area (Å²) in [5.41, 5.74) is 1.66. The van der Waals surface area contributed by atoms with Crippen LogP contribution < -0.4 is 10.6 Å². The largest absolute Gasteiger partial charge is 0.450 e. The van der Waals surface area contributed by atoms with Crippen molar-refractivity contribution in [2.24, 2.45) is 0 Å². The maximum Gasteiger partial charge on any atom is 0.407 e. The van der Waals surface area contributed by atoms with Crippen LogP contribution in [0.1, 0.15) is 18.4 Å². The Hall–Kier alpha value is -2.15. The van der Waals surface area contributed by atoms with E-state index in [9.17, 15) is 9.59 Å². The summed E-state index contributed by atoms with van der Waals surface area (Å²) in [6, 6.07) is 5.60. The van der Waals surface area contributed by atoms with Gasteiger partial charge in [0.15, 0.2) is 0 Å². The van der Waals surface area contributed by atoms with Crippen LogP contribution in [0.5, 0.6) is 0 Å². The summed E-state index contributed by atoms with van der Waals surface area (Å²) >= 11 is 1.58. The topological polar surface area (TPSA) is 80.3 Å². The van der Waals surface area contributed by atoms with Crippen molar-refractivity contribution < 1.29 is 14.3 Å². The summed E-state index contributed by atoms with van der Waals surface area (Å²) in [6.07, 6.45) is -0.315. The molecule has 2 rings (SSSR count). The number of ether oxygens (including phenoxy) is 1. The Balaban J connectivity index is 1.85. The van der Waals surface area contributed by atoms with Gasteiger partial charge in [-0.3, -0.25) is 4.79 Å². The number of carbonyl (C=O) groups is 2. The molecule has 0 atom stereocenters. The van der Waals surface area contributed by atoms with E-state index in [1.165, 1.54) is 0 Å². The molecule has 0 aliphatic rings. The Labute approximate surface area is 126 Å². The van der Waals surface area contributed by atoms with Gasteiger partial charge in [-0.05, 0) is 32.0 Å². The smallest absolute Gasteiger partial charge is 0.407 e. The second-order valence-electron chi connectivity index (χ2n) is 4.36. The molecule has 2 aromatic rings. The van der Waals surface area contributed by atoms with Crippen LogP contribution >= 0.6 is 11.3 Å². The average Bonchev–Trinajstić information content (AvgIpc) is 2.78. The molecule has 0 spiro atoms. The fraction of sp³-hybridized carbons (Fsp3) is 0.357. The lowest BCUT2D eigenvalue weighted by Crippen LogP contribution is -2.28. The van der Waals surface area contributed by atoms with Crippen LogP contribution in [-0.4, -0.2) is 30.1 Å². The summed E-state index contributed by atoms with van der Waals surface area (Å²) in [5.74, 6) is -0.160. The van der Waals surface area contributed by atoms with Gasteiger partial charge in [0.25, 0.3) is 0 Å². The number of benzene rings is 1. The highest BCUT2D eigenvalue weighted by Crippen LogP contribution is 2.24. The van der Waals surface area contributed by atoms with Crippen LogP contribution in [0, 0.1) is 6.92 Å². The quantitative estimate of drug-likeness (QED) is 0.890. The van der Waals surface area contributed by atoms with E-state index in [0.717, 1.165) is 20.9 Å². The van der Waals surface area contributed by atoms with Gasteiger partial charge in [-0.15, -0.1) is 11.3 Å². The van der Waals surface area contributed by atoms with Crippen molar-refractivity contribution in [2.45, 2.75) is 20.3 Å². The Morgan fingerprint density at radius 3 is 2.95 bits per heavy atom. The molecule has 2 amide bonds. The molecule has 6 nitrogen and oxygen atoms in total. The third-order valence-electron chi connectivity index (χ3n) is 2.68. The molecule has 0 aliphatic carbocycles. The molecule has 0 radical (unpaired) electrons. The first-order valence-corrected chi connectivity index (χ1v) is 7.48. The second kappa shape index (κ2) is 7.03. The fourth-order valence-corrected chi connectivity index (χ4v) is 2.67. The summed E-state index contributed by atoms with van der Waals surface area (Å²) in [4.78, 5) is 27.2. The Morgan fingerprint density at radius 2 is 2.19 bits per heavy atom. The molecule has 1 aromatic heterocycles. The first kappa shape index (κ1) is 15.2. The van der Waals surface area contributed by atoms with Crippen LogP contribution in [0.15, 0.2) is 18.2 Å². The van der Waals surface area contributed by atoms with Crippen LogP contribution in [0.4, 0.5) is 10.5 Å². The second-order valence-corrected chi connectivity index (χ2v) is 5.60. The van der Waals surface area contributed by atoms with Crippen molar-refractivity contribution in [2.75, 3.05) is 18.5 Å². The number of aromatic nitrogens is 1. The van der Waals surface area contributed by atoms with E-state index in [2.05, 4.69) is 15.6 Å². The number of fused-ring (bicyclic) bond motifs is 1. The number of hydrogen-bond donors (Lipinski definition) is 2. The Kier molecular flexibility index (Phi) is 5.10. The standard InChI is InChI=1S/C14H17N3O3S/c1-3-20-14(19)15-7-6-13(18)17-10-4-5-11-12(8-10)21-9(2)16-11/h4-5,8H,3,6-7H2,1-2H3,(H,15,19)(H,17,18). The molecular formula is C14H17N3O3S. The number of hydrogen-bond acceptors (Lipinski definition) is 5. The van der Waals surface area contributed by atoms with Gasteiger partial charge >= 0.3 is 6.09 Å². The lowest BCUT2D eigenvalue weighted by molar-refractivity contribution is -0.116. The SMILES string of the molecule is CCOC(=O)NCCC(=O)Nc1ccc2nc(C)sc2c1. The zero-order valence-corrected chi connectivity index (χ0v) is 12.8. The Bertz CT molecular complexity index is 654. The number of rotatable bonds is 5. The Morgan fingerprint density at radius 1 is 1.38 bits per heavy atom. The lowest BCUT2D eigenvalue weighted by atomic mass is 10.3. The van der Waals surface area contributed by atoms with Gasteiger partial charge in [0.2, 0.25) is 5.91 Å². The van der Waals surface area contributed by atoms with Gasteiger partial charge in [-0.25, -0.2) is 9.78 Å². The molecule has 21 heavy (non-hydrogen) atoms. The van der Waals surface area contributed by atoms with Gasteiger partial charge in [-0.1, -0.05) is 0 Å². The van der Waals surface area contributed by atoms with Gasteiger partial charge in [0.05, 0.1) is 21.8 Å². The maximum absolute atomic E-state index is 11.8. The van der Waals surface area contributed by atoms with Crippen LogP contribution in [0.2, 0.25) is 0 Å². The van der Waals surface area contributed by atoms with Crippen molar-refractivity contribution >= 4 is 39.2 Å². The predicted octanol–water partition coefficient (Wildman–Crippen LogP) is 2.68. The van der Waals surface area contributed by atoms with Gasteiger partial charge in [0, 0.05) is 18.7 Å². The summed E-state index contributed by atoms with van der Waals surface area (Å²) in [7, 11) is 0. The third kappa shape index (κ3) is 4.42. The molecular weight excluding hydrogens is 290 g/mol. The molecule has 112 valence electrons. The molecule has 0 saturated carbocycles. The fourth-order valence-electron chi connectivity index (χ4n) is 1.80. The zero-order chi connectivity index (χ0) is 15.2. The van der Waals surface area contributed by atoms with Gasteiger partial charge in [-0.2, -0.15) is 0 Å². The summed E-state index contributed by atoms with van der Waals surface area (Å²) < 4.78 is 5.74. The highest BCUT2D eigenvalue weighted by atomic mass is 32.1. The van der Waals surface area contributed by atoms with E-state index in [-0.39, 0.29) is 18.9 Å². The molecule has 0 bridgehead atoms. The van der Waals surface area contributed by atoms with E-state index in [4.69, 9.17) is 4.74 Å². The van der Waals surface area contributed by atoms with Crippen molar-refractivity contribution in [3.63, 3.8) is 0 Å². The van der Waals surface area contributed by atoms with Crippen LogP contribution in [0.3, 0.4) is 0 Å². The molecule has 1 aromatic carbocycles. The molecule has 7 heteroatoms. The normalized spacial score (nSPS) is 10.4. The first-order valence-electron chi connectivity index (χ1n) is 6.66. The van der Waals surface area contributed by atoms with Crippen molar-refractivity contribution in [3.8, 4) is 0 Å². The van der Waals surface area contributed by atoms with E-state index >= 15 is 0 Å². The van der Waals surface area contributed by atoms with Crippen molar-refractivity contribution in [3.05, 3.63) is 23.2 Å². The molecule has 2 N–H and O–H groups in total. The van der Waals surface area contributed by atoms with Crippen LogP contribution in [-0.2, 0) is 9.53 Å². The monoisotopic (exact) mass is 307 g/mol. The van der Waals surface area contributed by atoms with E-state index in [0.29, 0.717) is 6.61 Å². The number of amides is 2. The molecule has 0 unspecified atom stereocenters. The zero-order valence-electron chi connectivity index (χ0n) is 11.9. The minimum Gasteiger partial charge on any atom is -0.450 e. The number of nitrogens with zero attached hydrogens (tertiary/aromatic N) is 1. The van der Waals surface area contributed by atoms with Gasteiger partial charge < -0.3 is 15.4 Å².